The van der Waals surface area contributed by atoms with Crippen molar-refractivity contribution in [3.63, 3.8) is 0 Å². The summed E-state index contributed by atoms with van der Waals surface area (Å²) in [4.78, 5) is 13.9. The van der Waals surface area contributed by atoms with Gasteiger partial charge < -0.3 is 9.64 Å². The Hall–Kier alpha value is -2.76. The summed E-state index contributed by atoms with van der Waals surface area (Å²) in [5.74, 6) is -0.961. The van der Waals surface area contributed by atoms with Crippen molar-refractivity contribution in [3.05, 3.63) is 71.3 Å². The summed E-state index contributed by atoms with van der Waals surface area (Å²) in [6, 6.07) is 14.3. The third-order valence-electron chi connectivity index (χ3n) is 4.99. The second kappa shape index (κ2) is 6.76. The quantitative estimate of drug-likeness (QED) is 0.713. The third-order valence-corrected chi connectivity index (χ3v) is 4.99. The number of anilines is 1. The van der Waals surface area contributed by atoms with Crippen molar-refractivity contribution in [3.8, 4) is 0 Å². The van der Waals surface area contributed by atoms with Crippen molar-refractivity contribution in [1.29, 1.82) is 0 Å². The fourth-order valence-electron chi connectivity index (χ4n) is 3.85. The largest absolute Gasteiger partial charge is 0.463 e. The highest BCUT2D eigenvalue weighted by atomic mass is 19.4. The van der Waals surface area contributed by atoms with Crippen LogP contribution in [-0.4, -0.2) is 25.8 Å². The summed E-state index contributed by atoms with van der Waals surface area (Å²) in [6.07, 6.45) is -4.76. The summed E-state index contributed by atoms with van der Waals surface area (Å²) >= 11 is 0. The molecule has 1 aliphatic rings. The Kier molecular flexibility index (Phi) is 4.76. The third kappa shape index (κ3) is 2.71. The van der Waals surface area contributed by atoms with Gasteiger partial charge in [0.05, 0.1) is 12.2 Å². The maximum absolute atomic E-state index is 14.8. The number of likely N-dealkylation sites (N-methyl/N-ethyl adjacent to an activating group) is 1. The van der Waals surface area contributed by atoms with E-state index < -0.39 is 23.3 Å². The summed E-state index contributed by atoms with van der Waals surface area (Å²) in [5, 5.41) is 0. The molecule has 2 aromatic carbocycles. The van der Waals surface area contributed by atoms with Gasteiger partial charge in [0.1, 0.15) is 0 Å². The van der Waals surface area contributed by atoms with Crippen LogP contribution in [-0.2, 0) is 15.1 Å². The van der Waals surface area contributed by atoms with Crippen LogP contribution >= 0.6 is 0 Å². The summed E-state index contributed by atoms with van der Waals surface area (Å²) in [6.45, 7) is 3.11. The number of para-hydroxylation sites is 1. The van der Waals surface area contributed by atoms with Crippen LogP contribution in [0.5, 0.6) is 0 Å². The molecule has 142 valence electrons. The first-order chi connectivity index (χ1) is 12.8. The van der Waals surface area contributed by atoms with Gasteiger partial charge in [-0.15, -0.1) is 0 Å². The molecular formula is C21H20F3NO2. The molecule has 0 radical (unpaired) electrons. The molecule has 1 aliphatic heterocycles. The lowest BCUT2D eigenvalue weighted by Gasteiger charge is -2.49. The second-order valence-electron chi connectivity index (χ2n) is 6.37. The highest BCUT2D eigenvalue weighted by Crippen LogP contribution is 2.55. The number of carbonyl (C=O) groups is 1. The zero-order valence-corrected chi connectivity index (χ0v) is 15.3. The molecule has 0 amide bonds. The molecule has 0 aromatic heterocycles. The van der Waals surface area contributed by atoms with Gasteiger partial charge in [-0.3, -0.25) is 0 Å². The van der Waals surface area contributed by atoms with E-state index in [1.165, 1.54) is 31.3 Å². The highest BCUT2D eigenvalue weighted by Gasteiger charge is 2.65. The van der Waals surface area contributed by atoms with E-state index in [2.05, 4.69) is 0 Å². The molecule has 3 rings (SSSR count). The number of halogens is 3. The number of esters is 1. The first-order valence-corrected chi connectivity index (χ1v) is 8.60. The Morgan fingerprint density at radius 1 is 1.07 bits per heavy atom. The molecule has 6 heteroatoms. The van der Waals surface area contributed by atoms with E-state index in [-0.39, 0.29) is 17.7 Å². The van der Waals surface area contributed by atoms with Crippen molar-refractivity contribution in [2.24, 2.45) is 0 Å². The number of hydrogen-bond acceptors (Lipinski definition) is 3. The van der Waals surface area contributed by atoms with Crippen molar-refractivity contribution in [2.45, 2.75) is 25.6 Å². The van der Waals surface area contributed by atoms with Crippen LogP contribution in [0.2, 0.25) is 0 Å². The first kappa shape index (κ1) is 19.0. The van der Waals surface area contributed by atoms with Crippen molar-refractivity contribution in [1.82, 2.24) is 0 Å². The van der Waals surface area contributed by atoms with Gasteiger partial charge in [0, 0.05) is 18.3 Å². The van der Waals surface area contributed by atoms with Crippen LogP contribution in [0, 0.1) is 0 Å². The van der Waals surface area contributed by atoms with Crippen LogP contribution in [0.4, 0.5) is 18.9 Å². The summed E-state index contributed by atoms with van der Waals surface area (Å²) in [7, 11) is 1.37. The molecule has 2 aromatic rings. The van der Waals surface area contributed by atoms with Crippen molar-refractivity contribution < 1.29 is 22.7 Å². The van der Waals surface area contributed by atoms with Gasteiger partial charge in [-0.05, 0) is 31.1 Å². The smallest absolute Gasteiger partial charge is 0.420 e. The average molecular weight is 375 g/mol. The minimum Gasteiger partial charge on any atom is -0.463 e. The molecule has 0 N–H and O–H groups in total. The topological polar surface area (TPSA) is 29.5 Å². The molecule has 0 aliphatic carbocycles. The molecule has 0 saturated heterocycles. The zero-order chi connectivity index (χ0) is 19.8. The van der Waals surface area contributed by atoms with Gasteiger partial charge in [0.2, 0.25) is 0 Å². The first-order valence-electron chi connectivity index (χ1n) is 8.60. The number of ether oxygens (including phenoxy) is 1. The Balaban J connectivity index is 2.46. The number of hydrogen-bond donors (Lipinski definition) is 0. The minimum atomic E-state index is -4.76. The number of benzene rings is 2. The van der Waals surface area contributed by atoms with Crippen molar-refractivity contribution >= 4 is 17.2 Å². The van der Waals surface area contributed by atoms with Gasteiger partial charge in [-0.1, -0.05) is 48.5 Å². The SMILES string of the molecule is CCOC(=O)C1=C(C)c2ccccc2N(C)C1(c1ccccc1)C(F)(F)F. The van der Waals surface area contributed by atoms with Crippen molar-refractivity contribution in [2.75, 3.05) is 18.6 Å². The second-order valence-corrected chi connectivity index (χ2v) is 6.37. The summed E-state index contributed by atoms with van der Waals surface area (Å²) in [5.41, 5.74) is -1.81. The molecule has 3 nitrogen and oxygen atoms in total. The van der Waals surface area contributed by atoms with Crippen LogP contribution < -0.4 is 4.90 Å². The van der Waals surface area contributed by atoms with E-state index in [1.807, 2.05) is 0 Å². The molecule has 27 heavy (non-hydrogen) atoms. The standard InChI is InChI=1S/C21H20F3NO2/c1-4-27-19(26)18-14(2)16-12-8-9-13-17(16)25(3)20(18,21(22,23)24)15-10-6-5-7-11-15/h5-13H,4H2,1-3H3. The number of allylic oxidation sites excluding steroid dienone is 1. The van der Waals surface area contributed by atoms with Crippen LogP contribution in [0.1, 0.15) is 25.0 Å². The summed E-state index contributed by atoms with van der Waals surface area (Å²) < 4.78 is 49.4. The van der Waals surface area contributed by atoms with E-state index in [4.69, 9.17) is 4.74 Å². The van der Waals surface area contributed by atoms with Gasteiger partial charge in [-0.25, -0.2) is 4.79 Å². The number of nitrogens with zero attached hydrogens (tertiary/aromatic N) is 1. The van der Waals surface area contributed by atoms with Crippen LogP contribution in [0.15, 0.2) is 60.2 Å². The minimum absolute atomic E-state index is 0.0102. The number of carbonyl (C=O) groups excluding carboxylic acids is 1. The van der Waals surface area contributed by atoms with E-state index in [0.29, 0.717) is 11.3 Å². The molecule has 0 bridgehead atoms. The number of fused-ring (bicyclic) bond motifs is 1. The lowest BCUT2D eigenvalue weighted by atomic mass is 9.73. The Morgan fingerprint density at radius 2 is 1.67 bits per heavy atom. The average Bonchev–Trinajstić information content (AvgIpc) is 2.64. The Morgan fingerprint density at radius 3 is 2.26 bits per heavy atom. The normalized spacial score (nSPS) is 19.7. The predicted molar refractivity (Wildman–Crippen MR) is 98.2 cm³/mol. The molecule has 1 heterocycles. The van der Waals surface area contributed by atoms with Crippen LogP contribution in [0.3, 0.4) is 0 Å². The van der Waals surface area contributed by atoms with Gasteiger partial charge in [-0.2, -0.15) is 13.2 Å². The van der Waals surface area contributed by atoms with E-state index in [9.17, 15) is 18.0 Å². The van der Waals surface area contributed by atoms with E-state index in [0.717, 1.165) is 4.90 Å². The maximum Gasteiger partial charge on any atom is 0.420 e. The van der Waals surface area contributed by atoms with Gasteiger partial charge >= 0.3 is 12.1 Å². The highest BCUT2D eigenvalue weighted by molar-refractivity contribution is 6.04. The fourth-order valence-corrected chi connectivity index (χ4v) is 3.85. The molecule has 1 atom stereocenters. The van der Waals surface area contributed by atoms with Gasteiger partial charge in [0.15, 0.2) is 5.54 Å². The molecule has 1 unspecified atom stereocenters. The zero-order valence-electron chi connectivity index (χ0n) is 15.3. The lowest BCUT2D eigenvalue weighted by molar-refractivity contribution is -0.183. The number of alkyl halides is 3. The Labute approximate surface area is 156 Å². The maximum atomic E-state index is 14.8. The molecule has 0 saturated carbocycles. The molecule has 0 fully saturated rings. The lowest BCUT2D eigenvalue weighted by Crippen LogP contribution is -2.59. The molecular weight excluding hydrogens is 355 g/mol. The molecule has 0 spiro atoms. The van der Waals surface area contributed by atoms with Crippen LogP contribution in [0.25, 0.3) is 5.57 Å². The monoisotopic (exact) mass is 375 g/mol. The van der Waals surface area contributed by atoms with Gasteiger partial charge in [0.25, 0.3) is 0 Å². The van der Waals surface area contributed by atoms with E-state index in [1.54, 1.807) is 44.2 Å². The van der Waals surface area contributed by atoms with E-state index >= 15 is 0 Å². The Bertz CT molecular complexity index is 890. The number of rotatable bonds is 3. The predicted octanol–water partition coefficient (Wildman–Crippen LogP) is 4.93. The fraction of sp³-hybridized carbons (Fsp3) is 0.286.